The Morgan fingerprint density at radius 1 is 1.33 bits per heavy atom. The van der Waals surface area contributed by atoms with Crippen molar-refractivity contribution in [2.45, 2.75) is 32.1 Å². The Labute approximate surface area is 129 Å². The van der Waals surface area contributed by atoms with Crippen molar-refractivity contribution in [2.24, 2.45) is 0 Å². The SMILES string of the molecule is O=C(O)CCCCCCNc1cc(Br)c(F)cc1[N+](=O)[O-]. The second kappa shape index (κ2) is 8.56. The molecule has 1 aromatic carbocycles. The first-order valence-electron chi connectivity index (χ1n) is 6.51. The van der Waals surface area contributed by atoms with E-state index in [1.54, 1.807) is 0 Å². The van der Waals surface area contributed by atoms with Gasteiger partial charge in [0.15, 0.2) is 0 Å². The first-order valence-corrected chi connectivity index (χ1v) is 7.30. The Hall–Kier alpha value is -1.70. The van der Waals surface area contributed by atoms with Crippen LogP contribution in [-0.4, -0.2) is 22.5 Å². The zero-order valence-electron chi connectivity index (χ0n) is 11.3. The van der Waals surface area contributed by atoms with E-state index in [0.717, 1.165) is 25.3 Å². The lowest BCUT2D eigenvalue weighted by Crippen LogP contribution is -2.05. The second-order valence-electron chi connectivity index (χ2n) is 4.53. The van der Waals surface area contributed by atoms with Crippen LogP contribution in [0.2, 0.25) is 0 Å². The van der Waals surface area contributed by atoms with Gasteiger partial charge in [-0.2, -0.15) is 0 Å². The van der Waals surface area contributed by atoms with Crippen LogP contribution in [0, 0.1) is 15.9 Å². The molecule has 0 aliphatic heterocycles. The van der Waals surface area contributed by atoms with E-state index >= 15 is 0 Å². The first-order chi connectivity index (χ1) is 9.91. The van der Waals surface area contributed by atoms with Crippen molar-refractivity contribution in [3.05, 3.63) is 32.5 Å². The van der Waals surface area contributed by atoms with Gasteiger partial charge in [0.1, 0.15) is 11.5 Å². The van der Waals surface area contributed by atoms with Crippen molar-refractivity contribution >= 4 is 33.3 Å². The van der Waals surface area contributed by atoms with E-state index in [2.05, 4.69) is 21.2 Å². The smallest absolute Gasteiger partial charge is 0.303 e. The van der Waals surface area contributed by atoms with Gasteiger partial charge < -0.3 is 10.4 Å². The van der Waals surface area contributed by atoms with Crippen LogP contribution in [0.15, 0.2) is 16.6 Å². The standard InChI is InChI=1S/C13H16BrFN2O4/c14-9-7-11(12(17(20)21)8-10(9)15)16-6-4-2-1-3-5-13(18)19/h7-8,16H,1-6H2,(H,18,19). The predicted octanol–water partition coefficient (Wildman–Crippen LogP) is 3.94. The molecule has 1 rings (SSSR count). The van der Waals surface area contributed by atoms with Crippen molar-refractivity contribution in [2.75, 3.05) is 11.9 Å². The molecule has 0 fully saturated rings. The number of carboxylic acids is 1. The number of hydrogen-bond acceptors (Lipinski definition) is 4. The van der Waals surface area contributed by atoms with Crippen LogP contribution in [-0.2, 0) is 4.79 Å². The highest BCUT2D eigenvalue weighted by molar-refractivity contribution is 9.10. The summed E-state index contributed by atoms with van der Waals surface area (Å²) in [5, 5.41) is 22.2. The van der Waals surface area contributed by atoms with Crippen LogP contribution in [0.25, 0.3) is 0 Å². The molecule has 0 aromatic heterocycles. The van der Waals surface area contributed by atoms with Crippen molar-refractivity contribution in [3.63, 3.8) is 0 Å². The fourth-order valence-electron chi connectivity index (χ4n) is 1.81. The zero-order valence-corrected chi connectivity index (χ0v) is 12.9. The molecule has 0 aliphatic rings. The summed E-state index contributed by atoms with van der Waals surface area (Å²) in [5.41, 5.74) is -0.0413. The number of nitrogens with one attached hydrogen (secondary N) is 1. The fourth-order valence-corrected chi connectivity index (χ4v) is 2.15. The molecule has 8 heteroatoms. The third-order valence-corrected chi connectivity index (χ3v) is 3.48. The maximum Gasteiger partial charge on any atom is 0.303 e. The van der Waals surface area contributed by atoms with Crippen LogP contribution in [0.5, 0.6) is 0 Å². The van der Waals surface area contributed by atoms with E-state index in [1.165, 1.54) is 6.07 Å². The molecule has 0 unspecified atom stereocenters. The molecule has 0 spiro atoms. The average Bonchev–Trinajstić information content (AvgIpc) is 2.40. The molecule has 0 atom stereocenters. The number of halogens is 2. The monoisotopic (exact) mass is 362 g/mol. The first kappa shape index (κ1) is 17.4. The van der Waals surface area contributed by atoms with Crippen molar-refractivity contribution in [1.29, 1.82) is 0 Å². The summed E-state index contributed by atoms with van der Waals surface area (Å²) >= 11 is 2.99. The third kappa shape index (κ3) is 6.07. The van der Waals surface area contributed by atoms with Crippen LogP contribution >= 0.6 is 15.9 Å². The highest BCUT2D eigenvalue weighted by atomic mass is 79.9. The summed E-state index contributed by atoms with van der Waals surface area (Å²) in [5.74, 6) is -1.49. The van der Waals surface area contributed by atoms with E-state index in [4.69, 9.17) is 5.11 Å². The largest absolute Gasteiger partial charge is 0.481 e. The summed E-state index contributed by atoms with van der Waals surface area (Å²) in [6.07, 6.45) is 3.16. The lowest BCUT2D eigenvalue weighted by Gasteiger charge is -2.08. The number of aliphatic carboxylic acids is 1. The fraction of sp³-hybridized carbons (Fsp3) is 0.462. The van der Waals surface area contributed by atoms with Gasteiger partial charge in [-0.3, -0.25) is 14.9 Å². The molecule has 0 radical (unpaired) electrons. The number of rotatable bonds is 9. The third-order valence-electron chi connectivity index (χ3n) is 2.87. The minimum Gasteiger partial charge on any atom is -0.481 e. The highest BCUT2D eigenvalue weighted by Crippen LogP contribution is 2.30. The second-order valence-corrected chi connectivity index (χ2v) is 5.38. The molecule has 0 aliphatic carbocycles. The number of benzene rings is 1. The van der Waals surface area contributed by atoms with Gasteiger partial charge in [-0.15, -0.1) is 0 Å². The molecule has 2 N–H and O–H groups in total. The van der Waals surface area contributed by atoms with E-state index in [1.807, 2.05) is 0 Å². The number of hydrogen-bond donors (Lipinski definition) is 2. The highest BCUT2D eigenvalue weighted by Gasteiger charge is 2.17. The number of carbonyl (C=O) groups is 1. The Morgan fingerprint density at radius 2 is 2.00 bits per heavy atom. The number of nitro groups is 1. The molecular weight excluding hydrogens is 347 g/mol. The minimum atomic E-state index is -0.806. The van der Waals surface area contributed by atoms with E-state index in [0.29, 0.717) is 13.0 Å². The molecule has 21 heavy (non-hydrogen) atoms. The number of anilines is 1. The molecule has 0 heterocycles. The number of nitrogens with zero attached hydrogens (tertiary/aromatic N) is 1. The lowest BCUT2D eigenvalue weighted by molar-refractivity contribution is -0.384. The van der Waals surface area contributed by atoms with Crippen LogP contribution in [0.1, 0.15) is 32.1 Å². The van der Waals surface area contributed by atoms with Crippen LogP contribution < -0.4 is 5.32 Å². The molecule has 1 aromatic rings. The zero-order chi connectivity index (χ0) is 15.8. The molecule has 0 amide bonds. The summed E-state index contributed by atoms with van der Waals surface area (Å²) in [4.78, 5) is 20.5. The Morgan fingerprint density at radius 3 is 2.62 bits per heavy atom. The van der Waals surface area contributed by atoms with Crippen molar-refractivity contribution in [3.8, 4) is 0 Å². The maximum absolute atomic E-state index is 13.3. The summed E-state index contributed by atoms with van der Waals surface area (Å²) < 4.78 is 13.4. The minimum absolute atomic E-state index is 0.157. The lowest BCUT2D eigenvalue weighted by atomic mass is 10.1. The van der Waals surface area contributed by atoms with Crippen molar-refractivity contribution < 1.29 is 19.2 Å². The van der Waals surface area contributed by atoms with E-state index in [-0.39, 0.29) is 22.3 Å². The van der Waals surface area contributed by atoms with Gasteiger partial charge in [-0.25, -0.2) is 4.39 Å². The molecule has 0 saturated carbocycles. The van der Waals surface area contributed by atoms with Gasteiger partial charge in [0.2, 0.25) is 0 Å². The molecule has 0 saturated heterocycles. The van der Waals surface area contributed by atoms with Gasteiger partial charge in [0, 0.05) is 13.0 Å². The number of unbranched alkanes of at least 4 members (excludes halogenated alkanes) is 3. The summed E-state index contributed by atoms with van der Waals surface area (Å²) in [7, 11) is 0. The Balaban J connectivity index is 2.43. The average molecular weight is 363 g/mol. The van der Waals surface area contributed by atoms with Crippen molar-refractivity contribution in [1.82, 2.24) is 0 Å². The molecule has 0 bridgehead atoms. The molecule has 116 valence electrons. The van der Waals surface area contributed by atoms with Gasteiger partial charge >= 0.3 is 5.97 Å². The quantitative estimate of drug-likeness (QED) is 0.394. The van der Waals surface area contributed by atoms with Gasteiger partial charge in [0.25, 0.3) is 5.69 Å². The summed E-state index contributed by atoms with van der Waals surface area (Å²) in [6, 6.07) is 2.22. The van der Waals surface area contributed by atoms with E-state index in [9.17, 15) is 19.3 Å². The Bertz CT molecular complexity index is 525. The topological polar surface area (TPSA) is 92.5 Å². The number of nitro benzene ring substituents is 1. The normalized spacial score (nSPS) is 10.4. The molecule has 6 nitrogen and oxygen atoms in total. The van der Waals surface area contributed by atoms with E-state index < -0.39 is 16.7 Å². The Kier molecular flexibility index (Phi) is 7.07. The van der Waals surface area contributed by atoms with Gasteiger partial charge in [-0.1, -0.05) is 12.8 Å². The van der Waals surface area contributed by atoms with Gasteiger partial charge in [-0.05, 0) is 34.8 Å². The van der Waals surface area contributed by atoms with Crippen LogP contribution in [0.4, 0.5) is 15.8 Å². The maximum atomic E-state index is 13.3. The summed E-state index contributed by atoms with van der Waals surface area (Å²) in [6.45, 7) is 0.506. The van der Waals surface area contributed by atoms with Crippen LogP contribution in [0.3, 0.4) is 0 Å². The predicted molar refractivity (Wildman–Crippen MR) is 80.0 cm³/mol. The number of carboxylic acid groups (broad SMARTS) is 1. The molecular formula is C13H16BrFN2O4. The van der Waals surface area contributed by atoms with Gasteiger partial charge in [0.05, 0.1) is 15.5 Å².